The molecule has 2 heterocycles. The quantitative estimate of drug-likeness (QED) is 0.885. The van der Waals surface area contributed by atoms with E-state index in [-0.39, 0.29) is 11.8 Å². The van der Waals surface area contributed by atoms with Crippen molar-refractivity contribution in [1.82, 2.24) is 9.88 Å². The molecule has 19 heavy (non-hydrogen) atoms. The number of aryl methyl sites for hydroxylation is 1. The zero-order valence-electron chi connectivity index (χ0n) is 11.0. The van der Waals surface area contributed by atoms with Crippen LogP contribution in [0, 0.1) is 11.8 Å². The van der Waals surface area contributed by atoms with Crippen LogP contribution in [0.4, 0.5) is 0 Å². The number of pyridine rings is 1. The minimum Gasteiger partial charge on any atom is -0.481 e. The molecule has 1 amide bonds. The van der Waals surface area contributed by atoms with Crippen molar-refractivity contribution in [2.75, 3.05) is 13.1 Å². The van der Waals surface area contributed by atoms with E-state index in [1.165, 1.54) is 0 Å². The van der Waals surface area contributed by atoms with Gasteiger partial charge >= 0.3 is 5.97 Å². The van der Waals surface area contributed by atoms with Crippen LogP contribution in [0.5, 0.6) is 0 Å². The molecule has 1 N–H and O–H groups in total. The van der Waals surface area contributed by atoms with Crippen LogP contribution >= 0.6 is 0 Å². The predicted octanol–water partition coefficient (Wildman–Crippen LogP) is 1.19. The number of carbonyl (C=O) groups is 2. The van der Waals surface area contributed by atoms with Gasteiger partial charge in [-0.1, -0.05) is 6.92 Å². The lowest BCUT2D eigenvalue weighted by Gasteiger charge is -2.15. The number of carbonyl (C=O) groups excluding carboxylic acids is 1. The third-order valence-corrected chi connectivity index (χ3v) is 3.66. The smallest absolute Gasteiger partial charge is 0.308 e. The second-order valence-electron chi connectivity index (χ2n) is 5.08. The first-order valence-corrected chi connectivity index (χ1v) is 6.47. The second kappa shape index (κ2) is 5.82. The minimum absolute atomic E-state index is 0.0300. The van der Waals surface area contributed by atoms with Crippen LogP contribution in [0.3, 0.4) is 0 Å². The molecule has 1 fully saturated rings. The number of aromatic nitrogens is 1. The topological polar surface area (TPSA) is 70.5 Å². The van der Waals surface area contributed by atoms with Gasteiger partial charge in [0.1, 0.15) is 0 Å². The summed E-state index contributed by atoms with van der Waals surface area (Å²) in [5.74, 6) is -1.17. The van der Waals surface area contributed by atoms with Gasteiger partial charge in [-0.15, -0.1) is 0 Å². The van der Waals surface area contributed by atoms with E-state index in [1.807, 2.05) is 19.1 Å². The normalized spacial score (nSPS) is 22.5. The van der Waals surface area contributed by atoms with E-state index in [9.17, 15) is 9.59 Å². The fourth-order valence-electron chi connectivity index (χ4n) is 2.45. The van der Waals surface area contributed by atoms with Crippen LogP contribution in [0.2, 0.25) is 0 Å². The van der Waals surface area contributed by atoms with Crippen molar-refractivity contribution in [3.8, 4) is 0 Å². The highest BCUT2D eigenvalue weighted by atomic mass is 16.4. The van der Waals surface area contributed by atoms with E-state index >= 15 is 0 Å². The van der Waals surface area contributed by atoms with Gasteiger partial charge in [-0.05, 0) is 30.0 Å². The molecule has 0 aromatic carbocycles. The Labute approximate surface area is 112 Å². The van der Waals surface area contributed by atoms with Crippen LogP contribution in [0.25, 0.3) is 0 Å². The number of rotatable bonds is 4. The fourth-order valence-corrected chi connectivity index (χ4v) is 2.45. The Bertz CT molecular complexity index is 461. The van der Waals surface area contributed by atoms with Gasteiger partial charge in [0, 0.05) is 31.9 Å². The van der Waals surface area contributed by atoms with Gasteiger partial charge in [-0.3, -0.25) is 14.6 Å². The van der Waals surface area contributed by atoms with Crippen LogP contribution in [0.1, 0.15) is 18.9 Å². The summed E-state index contributed by atoms with van der Waals surface area (Å²) in [6, 6.07) is 3.78. The zero-order chi connectivity index (χ0) is 13.8. The summed E-state index contributed by atoms with van der Waals surface area (Å²) >= 11 is 0. The lowest BCUT2D eigenvalue weighted by Crippen LogP contribution is -2.30. The Balaban J connectivity index is 1.86. The summed E-state index contributed by atoms with van der Waals surface area (Å²) in [4.78, 5) is 28.7. The maximum absolute atomic E-state index is 12.0. The maximum Gasteiger partial charge on any atom is 0.308 e. The number of carboxylic acids is 1. The molecule has 0 radical (unpaired) electrons. The SMILES string of the molecule is C[C@@H]1CN(C(=O)CCc2ccncc2)C[C@H]1C(=O)O. The van der Waals surface area contributed by atoms with Crippen LogP contribution in [-0.4, -0.2) is 40.0 Å². The van der Waals surface area contributed by atoms with Crippen molar-refractivity contribution in [1.29, 1.82) is 0 Å². The van der Waals surface area contributed by atoms with Crippen molar-refractivity contribution in [2.45, 2.75) is 19.8 Å². The van der Waals surface area contributed by atoms with Gasteiger partial charge in [0.15, 0.2) is 0 Å². The first-order valence-electron chi connectivity index (χ1n) is 6.47. The number of hydrogen-bond donors (Lipinski definition) is 1. The molecule has 0 saturated carbocycles. The van der Waals surface area contributed by atoms with E-state index in [0.717, 1.165) is 5.56 Å². The molecule has 0 bridgehead atoms. The van der Waals surface area contributed by atoms with Gasteiger partial charge in [-0.25, -0.2) is 0 Å². The van der Waals surface area contributed by atoms with Gasteiger partial charge < -0.3 is 10.0 Å². The van der Waals surface area contributed by atoms with E-state index < -0.39 is 11.9 Å². The van der Waals surface area contributed by atoms with Crippen molar-refractivity contribution in [2.24, 2.45) is 11.8 Å². The molecule has 0 unspecified atom stereocenters. The monoisotopic (exact) mass is 262 g/mol. The number of likely N-dealkylation sites (tertiary alicyclic amines) is 1. The van der Waals surface area contributed by atoms with E-state index in [0.29, 0.717) is 25.9 Å². The molecule has 1 aromatic heterocycles. The first-order chi connectivity index (χ1) is 9.08. The molecule has 2 atom stereocenters. The van der Waals surface area contributed by atoms with E-state index in [1.54, 1.807) is 17.3 Å². The largest absolute Gasteiger partial charge is 0.481 e. The molecule has 1 aliphatic rings. The van der Waals surface area contributed by atoms with Gasteiger partial charge in [0.05, 0.1) is 5.92 Å². The summed E-state index contributed by atoms with van der Waals surface area (Å²) in [5, 5.41) is 9.05. The average Bonchev–Trinajstić information content (AvgIpc) is 2.79. The van der Waals surface area contributed by atoms with Crippen molar-refractivity contribution in [3.63, 3.8) is 0 Å². The molecule has 102 valence electrons. The highest BCUT2D eigenvalue weighted by Gasteiger charge is 2.36. The number of amides is 1. The lowest BCUT2D eigenvalue weighted by molar-refractivity contribution is -0.142. The molecule has 1 aromatic rings. The van der Waals surface area contributed by atoms with E-state index in [4.69, 9.17) is 5.11 Å². The Hall–Kier alpha value is -1.91. The Morgan fingerprint density at radius 1 is 1.37 bits per heavy atom. The van der Waals surface area contributed by atoms with Gasteiger partial charge in [0.2, 0.25) is 5.91 Å². The van der Waals surface area contributed by atoms with Crippen LogP contribution < -0.4 is 0 Å². The van der Waals surface area contributed by atoms with Crippen molar-refractivity contribution < 1.29 is 14.7 Å². The van der Waals surface area contributed by atoms with Crippen molar-refractivity contribution >= 4 is 11.9 Å². The number of carboxylic acid groups (broad SMARTS) is 1. The van der Waals surface area contributed by atoms with E-state index in [2.05, 4.69) is 4.98 Å². The first kappa shape index (κ1) is 13.5. The Kier molecular flexibility index (Phi) is 4.14. The molecular weight excluding hydrogens is 244 g/mol. The summed E-state index contributed by atoms with van der Waals surface area (Å²) in [6.45, 7) is 2.77. The molecule has 5 heteroatoms. The summed E-state index contributed by atoms with van der Waals surface area (Å²) in [6.07, 6.45) is 4.50. The van der Waals surface area contributed by atoms with Crippen LogP contribution in [0.15, 0.2) is 24.5 Å². The highest BCUT2D eigenvalue weighted by molar-refractivity contribution is 5.79. The highest BCUT2D eigenvalue weighted by Crippen LogP contribution is 2.23. The number of aliphatic carboxylic acids is 1. The number of hydrogen-bond acceptors (Lipinski definition) is 3. The molecule has 0 spiro atoms. The van der Waals surface area contributed by atoms with Gasteiger partial charge in [-0.2, -0.15) is 0 Å². The minimum atomic E-state index is -0.808. The summed E-state index contributed by atoms with van der Waals surface area (Å²) in [5.41, 5.74) is 1.07. The predicted molar refractivity (Wildman–Crippen MR) is 69.4 cm³/mol. The zero-order valence-corrected chi connectivity index (χ0v) is 11.0. The maximum atomic E-state index is 12.0. The molecule has 2 rings (SSSR count). The third kappa shape index (κ3) is 3.30. The summed E-state index contributed by atoms with van der Waals surface area (Å²) < 4.78 is 0. The molecule has 1 aliphatic heterocycles. The molecule has 0 aliphatic carbocycles. The van der Waals surface area contributed by atoms with Gasteiger partial charge in [0.25, 0.3) is 0 Å². The third-order valence-electron chi connectivity index (χ3n) is 3.66. The van der Waals surface area contributed by atoms with Crippen LogP contribution in [-0.2, 0) is 16.0 Å². The average molecular weight is 262 g/mol. The Morgan fingerprint density at radius 3 is 2.63 bits per heavy atom. The lowest BCUT2D eigenvalue weighted by atomic mass is 9.99. The van der Waals surface area contributed by atoms with Crippen molar-refractivity contribution in [3.05, 3.63) is 30.1 Å². The molecule has 5 nitrogen and oxygen atoms in total. The standard InChI is InChI=1S/C14H18N2O3/c1-10-8-16(9-12(10)14(18)19)13(17)3-2-11-4-6-15-7-5-11/h4-7,10,12H,2-3,8-9H2,1H3,(H,18,19)/t10-,12-/m1/s1. The number of nitrogens with zero attached hydrogens (tertiary/aromatic N) is 2. The molecule has 1 saturated heterocycles. The second-order valence-corrected chi connectivity index (χ2v) is 5.08. The Morgan fingerprint density at radius 2 is 2.05 bits per heavy atom. The summed E-state index contributed by atoms with van der Waals surface area (Å²) in [7, 11) is 0. The molecular formula is C14H18N2O3. The fraction of sp³-hybridized carbons (Fsp3) is 0.500.